The molecule has 0 aliphatic carbocycles. The van der Waals surface area contributed by atoms with Crippen LogP contribution in [-0.4, -0.2) is 24.6 Å². The summed E-state index contributed by atoms with van der Waals surface area (Å²) in [5.41, 5.74) is 0.805. The molecule has 0 aliphatic heterocycles. The summed E-state index contributed by atoms with van der Waals surface area (Å²) in [5.74, 6) is 2.12. The first-order valence-electron chi connectivity index (χ1n) is 5.76. The third-order valence-electron chi connectivity index (χ3n) is 2.50. The maximum atomic E-state index is 13.4. The van der Waals surface area contributed by atoms with Crippen LogP contribution in [-0.2, 0) is 6.42 Å². The summed E-state index contributed by atoms with van der Waals surface area (Å²) in [6.07, 6.45) is 1.96. The number of hydrogen-bond donors (Lipinski definition) is 1. The molecule has 0 saturated carbocycles. The lowest BCUT2D eigenvalue weighted by molar-refractivity contribution is 0.568. The van der Waals surface area contributed by atoms with Crippen LogP contribution >= 0.6 is 11.8 Å². The zero-order valence-electron chi connectivity index (χ0n) is 10.0. The van der Waals surface area contributed by atoms with Crippen molar-refractivity contribution in [2.24, 2.45) is 0 Å². The zero-order chi connectivity index (χ0) is 11.8. The number of likely N-dealkylation sites (N-methyl/N-ethyl adjacent to an activating group) is 1. The molecule has 0 radical (unpaired) electrons. The highest BCUT2D eigenvalue weighted by Crippen LogP contribution is 2.12. The second-order valence-corrected chi connectivity index (χ2v) is 5.01. The van der Waals surface area contributed by atoms with Crippen LogP contribution in [0.4, 0.5) is 4.39 Å². The first-order chi connectivity index (χ1) is 7.77. The van der Waals surface area contributed by atoms with Gasteiger partial charge >= 0.3 is 0 Å². The molecule has 1 nitrogen and oxygen atoms in total. The maximum absolute atomic E-state index is 13.4. The van der Waals surface area contributed by atoms with Crippen LogP contribution in [0.1, 0.15) is 18.9 Å². The fourth-order valence-electron chi connectivity index (χ4n) is 1.54. The monoisotopic (exact) mass is 241 g/mol. The Morgan fingerprint density at radius 1 is 1.38 bits per heavy atom. The molecular formula is C13H20FNS. The van der Waals surface area contributed by atoms with Crippen LogP contribution < -0.4 is 5.32 Å². The molecule has 0 aliphatic rings. The van der Waals surface area contributed by atoms with E-state index in [9.17, 15) is 4.39 Å². The number of benzene rings is 1. The van der Waals surface area contributed by atoms with Crippen LogP contribution in [0.25, 0.3) is 0 Å². The van der Waals surface area contributed by atoms with Gasteiger partial charge in [-0.15, -0.1) is 0 Å². The van der Waals surface area contributed by atoms with Crippen LogP contribution in [0.2, 0.25) is 0 Å². The highest BCUT2D eigenvalue weighted by Gasteiger charge is 2.09. The average Bonchev–Trinajstić information content (AvgIpc) is 2.30. The molecule has 1 aromatic rings. The highest BCUT2D eigenvalue weighted by atomic mass is 32.2. The molecule has 1 N–H and O–H groups in total. The van der Waals surface area contributed by atoms with Gasteiger partial charge in [0.25, 0.3) is 0 Å². The van der Waals surface area contributed by atoms with E-state index in [-0.39, 0.29) is 5.82 Å². The van der Waals surface area contributed by atoms with Crippen LogP contribution in [0.5, 0.6) is 0 Å². The van der Waals surface area contributed by atoms with Crippen LogP contribution in [0.3, 0.4) is 0 Å². The molecule has 16 heavy (non-hydrogen) atoms. The number of thioether (sulfide) groups is 1. The van der Waals surface area contributed by atoms with Gasteiger partial charge in [0, 0.05) is 11.8 Å². The Hall–Kier alpha value is -0.540. The first kappa shape index (κ1) is 13.5. The normalized spacial score (nSPS) is 12.7. The standard InChI is InChI=1S/C13H20FNS/c1-3-8-16-10-12(15-2)9-11-6-4-5-7-13(11)14/h4-7,12,15H,3,8-10H2,1-2H3. The summed E-state index contributed by atoms with van der Waals surface area (Å²) in [5, 5.41) is 3.25. The van der Waals surface area contributed by atoms with Gasteiger partial charge in [-0.05, 0) is 37.3 Å². The van der Waals surface area contributed by atoms with Gasteiger partial charge in [-0.1, -0.05) is 25.1 Å². The van der Waals surface area contributed by atoms with Crippen molar-refractivity contribution in [3.8, 4) is 0 Å². The lowest BCUT2D eigenvalue weighted by Gasteiger charge is -2.16. The van der Waals surface area contributed by atoms with E-state index >= 15 is 0 Å². The van der Waals surface area contributed by atoms with E-state index in [0.29, 0.717) is 6.04 Å². The minimum atomic E-state index is -0.0942. The van der Waals surface area contributed by atoms with Gasteiger partial charge in [0.1, 0.15) is 5.82 Å². The Balaban J connectivity index is 2.46. The molecule has 1 unspecified atom stereocenters. The fraction of sp³-hybridized carbons (Fsp3) is 0.538. The van der Waals surface area contributed by atoms with Gasteiger partial charge in [-0.3, -0.25) is 0 Å². The minimum Gasteiger partial charge on any atom is -0.316 e. The third-order valence-corrected chi connectivity index (χ3v) is 3.83. The number of hydrogen-bond acceptors (Lipinski definition) is 2. The minimum absolute atomic E-state index is 0.0942. The van der Waals surface area contributed by atoms with E-state index < -0.39 is 0 Å². The summed E-state index contributed by atoms with van der Waals surface area (Å²) in [4.78, 5) is 0. The second-order valence-electron chi connectivity index (χ2n) is 3.86. The van der Waals surface area contributed by atoms with E-state index in [4.69, 9.17) is 0 Å². The lowest BCUT2D eigenvalue weighted by Crippen LogP contribution is -2.30. The Labute approximate surface area is 102 Å². The van der Waals surface area contributed by atoms with Crippen molar-refractivity contribution in [3.05, 3.63) is 35.6 Å². The number of rotatable bonds is 7. The van der Waals surface area contributed by atoms with E-state index in [1.54, 1.807) is 6.07 Å². The van der Waals surface area contributed by atoms with Crippen molar-refractivity contribution < 1.29 is 4.39 Å². The molecule has 0 saturated heterocycles. The molecule has 0 spiro atoms. The van der Waals surface area contributed by atoms with E-state index in [1.807, 2.05) is 30.9 Å². The van der Waals surface area contributed by atoms with Crippen molar-refractivity contribution >= 4 is 11.8 Å². The van der Waals surface area contributed by atoms with Gasteiger partial charge in [-0.2, -0.15) is 11.8 Å². The van der Waals surface area contributed by atoms with Crippen molar-refractivity contribution in [1.82, 2.24) is 5.32 Å². The number of halogens is 1. The van der Waals surface area contributed by atoms with Crippen LogP contribution in [0.15, 0.2) is 24.3 Å². The smallest absolute Gasteiger partial charge is 0.126 e. The highest BCUT2D eigenvalue weighted by molar-refractivity contribution is 7.99. The van der Waals surface area contributed by atoms with E-state index in [0.717, 1.165) is 17.7 Å². The molecule has 3 heteroatoms. The quantitative estimate of drug-likeness (QED) is 0.736. The topological polar surface area (TPSA) is 12.0 Å². The van der Waals surface area contributed by atoms with Crippen molar-refractivity contribution in [3.63, 3.8) is 0 Å². The lowest BCUT2D eigenvalue weighted by atomic mass is 10.1. The first-order valence-corrected chi connectivity index (χ1v) is 6.91. The summed E-state index contributed by atoms with van der Waals surface area (Å²) in [7, 11) is 1.94. The largest absolute Gasteiger partial charge is 0.316 e. The van der Waals surface area contributed by atoms with Crippen molar-refractivity contribution in [2.45, 2.75) is 25.8 Å². The van der Waals surface area contributed by atoms with Gasteiger partial charge in [0.2, 0.25) is 0 Å². The van der Waals surface area contributed by atoms with Crippen molar-refractivity contribution in [1.29, 1.82) is 0 Å². The van der Waals surface area contributed by atoms with Gasteiger partial charge in [-0.25, -0.2) is 4.39 Å². The predicted molar refractivity (Wildman–Crippen MR) is 70.6 cm³/mol. The van der Waals surface area contributed by atoms with Crippen LogP contribution in [0, 0.1) is 5.82 Å². The molecule has 0 fully saturated rings. The Bertz CT molecular complexity index is 304. The zero-order valence-corrected chi connectivity index (χ0v) is 10.8. The van der Waals surface area contributed by atoms with Crippen molar-refractivity contribution in [2.75, 3.05) is 18.6 Å². The second kappa shape index (κ2) is 7.69. The molecule has 1 atom stereocenters. The summed E-state index contributed by atoms with van der Waals surface area (Å²) in [6, 6.07) is 7.38. The molecule has 1 aromatic carbocycles. The Morgan fingerprint density at radius 2 is 2.12 bits per heavy atom. The SMILES string of the molecule is CCCSCC(Cc1ccccc1F)NC. The predicted octanol–water partition coefficient (Wildman–Crippen LogP) is 3.10. The van der Waals surface area contributed by atoms with E-state index in [1.165, 1.54) is 18.2 Å². The van der Waals surface area contributed by atoms with E-state index in [2.05, 4.69) is 12.2 Å². The summed E-state index contributed by atoms with van der Waals surface area (Å²) < 4.78 is 13.4. The Kier molecular flexibility index (Phi) is 6.50. The molecule has 0 bridgehead atoms. The molecule has 1 rings (SSSR count). The molecule has 0 aromatic heterocycles. The van der Waals surface area contributed by atoms with Gasteiger partial charge < -0.3 is 5.32 Å². The average molecular weight is 241 g/mol. The third kappa shape index (κ3) is 4.54. The molecule has 0 amide bonds. The fourth-order valence-corrected chi connectivity index (χ4v) is 2.57. The van der Waals surface area contributed by atoms with Gasteiger partial charge in [0.05, 0.1) is 0 Å². The molecular weight excluding hydrogens is 221 g/mol. The summed E-state index contributed by atoms with van der Waals surface area (Å²) in [6.45, 7) is 2.18. The Morgan fingerprint density at radius 3 is 2.75 bits per heavy atom. The number of nitrogens with one attached hydrogen (secondary N) is 1. The van der Waals surface area contributed by atoms with Gasteiger partial charge in [0.15, 0.2) is 0 Å². The molecule has 90 valence electrons. The molecule has 0 heterocycles. The summed E-state index contributed by atoms with van der Waals surface area (Å²) >= 11 is 1.93. The maximum Gasteiger partial charge on any atom is 0.126 e.